The van der Waals surface area contributed by atoms with Crippen LogP contribution in [0, 0.1) is 11.3 Å². The number of benzene rings is 1. The molecule has 120 valence electrons. The Morgan fingerprint density at radius 2 is 1.95 bits per heavy atom. The van der Waals surface area contributed by atoms with Gasteiger partial charge in [0.15, 0.2) is 9.84 Å². The number of sulfone groups is 1. The molecule has 5 nitrogen and oxygen atoms in total. The van der Waals surface area contributed by atoms with Gasteiger partial charge in [-0.2, -0.15) is 5.26 Å². The minimum atomic E-state index is -3.43. The van der Waals surface area contributed by atoms with Crippen molar-refractivity contribution in [3.05, 3.63) is 35.9 Å². The van der Waals surface area contributed by atoms with E-state index in [0.29, 0.717) is 25.8 Å². The van der Waals surface area contributed by atoms with Gasteiger partial charge in [0.1, 0.15) is 12.3 Å². The molecule has 0 radical (unpaired) electrons. The molecular formula is C16H22N2O3S. The molecule has 0 saturated carbocycles. The molecule has 0 atom stereocenters. The van der Waals surface area contributed by atoms with E-state index in [4.69, 9.17) is 5.26 Å². The number of nitrogens with zero attached hydrogens (tertiary/aromatic N) is 2. The first-order chi connectivity index (χ1) is 10.5. The Morgan fingerprint density at radius 3 is 2.55 bits per heavy atom. The summed E-state index contributed by atoms with van der Waals surface area (Å²) in [4.78, 5) is 13.3. The molecule has 1 amide bonds. The van der Waals surface area contributed by atoms with Crippen molar-refractivity contribution >= 4 is 15.7 Å². The molecule has 0 bridgehead atoms. The van der Waals surface area contributed by atoms with Crippen LogP contribution in [0.5, 0.6) is 0 Å². The van der Waals surface area contributed by atoms with Gasteiger partial charge in [0.05, 0.1) is 11.8 Å². The first kappa shape index (κ1) is 18.2. The van der Waals surface area contributed by atoms with Gasteiger partial charge in [0.25, 0.3) is 0 Å². The van der Waals surface area contributed by atoms with E-state index in [0.717, 1.165) is 5.56 Å². The van der Waals surface area contributed by atoms with Gasteiger partial charge in [-0.3, -0.25) is 4.79 Å². The molecule has 0 fully saturated rings. The Kier molecular flexibility index (Phi) is 7.61. The molecule has 0 aliphatic rings. The third-order valence-electron chi connectivity index (χ3n) is 3.21. The van der Waals surface area contributed by atoms with Gasteiger partial charge in [0.2, 0.25) is 5.91 Å². The molecule has 22 heavy (non-hydrogen) atoms. The van der Waals surface area contributed by atoms with Crippen molar-refractivity contribution in [3.8, 4) is 6.07 Å². The molecule has 0 aliphatic carbocycles. The maximum absolute atomic E-state index is 12.0. The highest BCUT2D eigenvalue weighted by Gasteiger charge is 2.21. The van der Waals surface area contributed by atoms with Gasteiger partial charge in [0, 0.05) is 6.54 Å². The molecule has 1 aromatic rings. The number of carbonyl (C=O) groups excluding carboxylic acids is 1. The normalized spacial score (nSPS) is 10.9. The van der Waals surface area contributed by atoms with E-state index in [2.05, 4.69) is 0 Å². The molecule has 0 saturated heterocycles. The molecule has 0 aliphatic heterocycles. The zero-order valence-electron chi connectivity index (χ0n) is 12.9. The lowest BCUT2D eigenvalue weighted by Crippen LogP contribution is -2.37. The van der Waals surface area contributed by atoms with Crippen LogP contribution in [0.3, 0.4) is 0 Å². The fourth-order valence-corrected chi connectivity index (χ4v) is 3.43. The van der Waals surface area contributed by atoms with E-state index >= 15 is 0 Å². The first-order valence-electron chi connectivity index (χ1n) is 7.37. The third-order valence-corrected chi connectivity index (χ3v) is 4.81. The van der Waals surface area contributed by atoms with Crippen LogP contribution in [0.2, 0.25) is 0 Å². The van der Waals surface area contributed by atoms with E-state index in [9.17, 15) is 13.2 Å². The summed E-state index contributed by atoms with van der Waals surface area (Å²) in [5, 5.41) is 8.68. The second-order valence-electron chi connectivity index (χ2n) is 5.15. The van der Waals surface area contributed by atoms with Gasteiger partial charge in [-0.05, 0) is 24.8 Å². The van der Waals surface area contributed by atoms with E-state index in [1.807, 2.05) is 43.3 Å². The van der Waals surface area contributed by atoms with Crippen LogP contribution in [-0.2, 0) is 21.1 Å². The summed E-state index contributed by atoms with van der Waals surface area (Å²) in [6.45, 7) is 2.23. The van der Waals surface area contributed by atoms with Crippen LogP contribution >= 0.6 is 0 Å². The van der Waals surface area contributed by atoms with Crippen molar-refractivity contribution in [3.63, 3.8) is 0 Å². The minimum Gasteiger partial charge on any atom is -0.329 e. The summed E-state index contributed by atoms with van der Waals surface area (Å²) in [6, 6.07) is 11.5. The van der Waals surface area contributed by atoms with Crippen LogP contribution in [0.25, 0.3) is 0 Å². The summed E-state index contributed by atoms with van der Waals surface area (Å²) in [5.74, 6) is -1.01. The molecule has 1 aromatic carbocycles. The molecule has 0 aromatic heterocycles. The second kappa shape index (κ2) is 9.21. The molecular weight excluding hydrogens is 300 g/mol. The summed E-state index contributed by atoms with van der Waals surface area (Å²) >= 11 is 0. The van der Waals surface area contributed by atoms with Crippen LogP contribution in [0.1, 0.15) is 25.3 Å². The first-order valence-corrected chi connectivity index (χ1v) is 9.19. The van der Waals surface area contributed by atoms with Crippen LogP contribution in [0.15, 0.2) is 30.3 Å². The zero-order chi connectivity index (χ0) is 16.4. The predicted octanol–water partition coefficient (Wildman–Crippen LogP) is 1.80. The molecule has 6 heteroatoms. The number of rotatable bonds is 9. The fraction of sp³-hybridized carbons (Fsp3) is 0.500. The van der Waals surface area contributed by atoms with Crippen molar-refractivity contribution in [2.24, 2.45) is 0 Å². The largest absolute Gasteiger partial charge is 0.329 e. The maximum atomic E-state index is 12.0. The van der Waals surface area contributed by atoms with E-state index in [-0.39, 0.29) is 12.3 Å². The van der Waals surface area contributed by atoms with E-state index in [1.54, 1.807) is 0 Å². The maximum Gasteiger partial charge on any atom is 0.238 e. The van der Waals surface area contributed by atoms with Crippen molar-refractivity contribution < 1.29 is 13.2 Å². The topological polar surface area (TPSA) is 78.2 Å². The monoisotopic (exact) mass is 322 g/mol. The Morgan fingerprint density at radius 1 is 1.27 bits per heavy atom. The lowest BCUT2D eigenvalue weighted by Gasteiger charge is -2.18. The molecule has 0 unspecified atom stereocenters. The molecule has 0 spiro atoms. The van der Waals surface area contributed by atoms with E-state index in [1.165, 1.54) is 4.90 Å². The average molecular weight is 322 g/mol. The quantitative estimate of drug-likeness (QED) is 0.649. The summed E-state index contributed by atoms with van der Waals surface area (Å²) in [5.41, 5.74) is 1.08. The van der Waals surface area contributed by atoms with Crippen LogP contribution < -0.4 is 0 Å². The van der Waals surface area contributed by atoms with Crippen molar-refractivity contribution in [2.75, 3.05) is 24.6 Å². The lowest BCUT2D eigenvalue weighted by atomic mass is 10.1. The van der Waals surface area contributed by atoms with Gasteiger partial charge in [-0.15, -0.1) is 0 Å². The number of hydrogen-bond acceptors (Lipinski definition) is 4. The van der Waals surface area contributed by atoms with Gasteiger partial charge >= 0.3 is 0 Å². The minimum absolute atomic E-state index is 0.0137. The lowest BCUT2D eigenvalue weighted by molar-refractivity contribution is -0.127. The highest BCUT2D eigenvalue weighted by atomic mass is 32.2. The smallest absolute Gasteiger partial charge is 0.238 e. The van der Waals surface area contributed by atoms with E-state index < -0.39 is 21.5 Å². The van der Waals surface area contributed by atoms with Gasteiger partial charge in [-0.1, -0.05) is 37.3 Å². The Balaban J connectivity index is 2.48. The Hall–Kier alpha value is -1.87. The molecule has 0 N–H and O–H groups in total. The number of aryl methyl sites for hydroxylation is 1. The highest BCUT2D eigenvalue weighted by molar-refractivity contribution is 7.92. The summed E-state index contributed by atoms with van der Waals surface area (Å²) in [7, 11) is -3.43. The number of nitriles is 1. The number of hydrogen-bond donors (Lipinski definition) is 0. The predicted molar refractivity (Wildman–Crippen MR) is 85.9 cm³/mol. The molecule has 1 rings (SSSR count). The standard InChI is InChI=1S/C16H22N2O3S/c1-2-11-18(12-10-17)16(19)14-22(20,21)13-6-9-15-7-4-3-5-8-15/h3-5,7-8H,2,6,9,11-14H2,1H3. The van der Waals surface area contributed by atoms with Gasteiger partial charge in [-0.25, -0.2) is 8.42 Å². The highest BCUT2D eigenvalue weighted by Crippen LogP contribution is 2.05. The number of amides is 1. The zero-order valence-corrected chi connectivity index (χ0v) is 13.7. The average Bonchev–Trinajstić information content (AvgIpc) is 2.47. The molecule has 0 heterocycles. The summed E-state index contributed by atoms with van der Waals surface area (Å²) in [6.07, 6.45) is 1.86. The van der Waals surface area contributed by atoms with Crippen molar-refractivity contribution in [1.29, 1.82) is 5.26 Å². The SMILES string of the molecule is CCCN(CC#N)C(=O)CS(=O)(=O)CCCc1ccccc1. The van der Waals surface area contributed by atoms with Crippen LogP contribution in [-0.4, -0.2) is 43.8 Å². The Labute approximate surface area is 132 Å². The van der Waals surface area contributed by atoms with Crippen LogP contribution in [0.4, 0.5) is 0 Å². The third kappa shape index (κ3) is 6.72. The van der Waals surface area contributed by atoms with Crippen molar-refractivity contribution in [1.82, 2.24) is 4.90 Å². The number of carbonyl (C=O) groups is 1. The second-order valence-corrected chi connectivity index (χ2v) is 7.34. The summed E-state index contributed by atoms with van der Waals surface area (Å²) < 4.78 is 24.0. The Bertz CT molecular complexity index is 606. The van der Waals surface area contributed by atoms with Crippen molar-refractivity contribution in [2.45, 2.75) is 26.2 Å². The fourth-order valence-electron chi connectivity index (χ4n) is 2.14. The van der Waals surface area contributed by atoms with Gasteiger partial charge < -0.3 is 4.90 Å².